The number of nitrogens with zero attached hydrogens (tertiary/aromatic N) is 1. The van der Waals surface area contributed by atoms with Gasteiger partial charge in [0.15, 0.2) is 12.7 Å². The third-order valence-corrected chi connectivity index (χ3v) is 3.60. The molecule has 0 bridgehead atoms. The summed E-state index contributed by atoms with van der Waals surface area (Å²) in [6, 6.07) is 18.0. The molecule has 0 radical (unpaired) electrons. The van der Waals surface area contributed by atoms with E-state index in [0.29, 0.717) is 24.3 Å². The Morgan fingerprint density at radius 1 is 1.12 bits per heavy atom. The van der Waals surface area contributed by atoms with E-state index < -0.39 is 12.1 Å². The number of ether oxygens (including phenoxy) is 2. The highest BCUT2D eigenvalue weighted by atomic mass is 16.6. The van der Waals surface area contributed by atoms with Crippen LogP contribution in [0.2, 0.25) is 0 Å². The number of rotatable bonds is 8. The van der Waals surface area contributed by atoms with Crippen LogP contribution in [0.15, 0.2) is 54.6 Å². The third-order valence-electron chi connectivity index (χ3n) is 3.60. The van der Waals surface area contributed by atoms with Crippen LogP contribution in [0.4, 0.5) is 0 Å². The van der Waals surface area contributed by atoms with Gasteiger partial charge in [-0.3, -0.25) is 4.79 Å². The molecule has 1 unspecified atom stereocenters. The normalized spacial score (nSPS) is 11.1. The van der Waals surface area contributed by atoms with Gasteiger partial charge >= 0.3 is 5.97 Å². The van der Waals surface area contributed by atoms with Crippen LogP contribution in [0.25, 0.3) is 0 Å². The summed E-state index contributed by atoms with van der Waals surface area (Å²) >= 11 is 0. The maximum Gasteiger partial charge on any atom is 0.344 e. The number of carbonyl (C=O) groups is 2. The van der Waals surface area contributed by atoms with Gasteiger partial charge in [-0.05, 0) is 24.1 Å². The summed E-state index contributed by atoms with van der Waals surface area (Å²) in [5.41, 5.74) is 1.28. The molecule has 1 amide bonds. The summed E-state index contributed by atoms with van der Waals surface area (Å²) in [6.07, 6.45) is -0.540. The highest BCUT2D eigenvalue weighted by Crippen LogP contribution is 2.16. The summed E-state index contributed by atoms with van der Waals surface area (Å²) in [7, 11) is 0. The molecule has 1 atom stereocenters. The van der Waals surface area contributed by atoms with Crippen LogP contribution in [-0.2, 0) is 20.9 Å². The molecule has 134 valence electrons. The van der Waals surface area contributed by atoms with Crippen molar-refractivity contribution in [1.82, 2.24) is 5.32 Å². The van der Waals surface area contributed by atoms with Crippen molar-refractivity contribution >= 4 is 11.9 Å². The second-order valence-corrected chi connectivity index (χ2v) is 5.49. The molecule has 0 aliphatic carbocycles. The summed E-state index contributed by atoms with van der Waals surface area (Å²) in [5, 5.41) is 11.7. The van der Waals surface area contributed by atoms with Gasteiger partial charge in [-0.25, -0.2) is 4.79 Å². The lowest BCUT2D eigenvalue weighted by atomic mass is 10.2. The van der Waals surface area contributed by atoms with E-state index in [9.17, 15) is 9.59 Å². The fourth-order valence-electron chi connectivity index (χ4n) is 2.24. The van der Waals surface area contributed by atoms with E-state index in [-0.39, 0.29) is 12.5 Å². The van der Waals surface area contributed by atoms with Crippen LogP contribution in [0.3, 0.4) is 0 Å². The molecule has 1 N–H and O–H groups in total. The van der Waals surface area contributed by atoms with Crippen LogP contribution in [0, 0.1) is 11.3 Å². The van der Waals surface area contributed by atoms with Gasteiger partial charge in [0.25, 0.3) is 5.91 Å². The van der Waals surface area contributed by atoms with Gasteiger partial charge in [-0.15, -0.1) is 0 Å². The van der Waals surface area contributed by atoms with Crippen molar-refractivity contribution in [2.45, 2.75) is 26.0 Å². The molecular formula is C20H20N2O4. The van der Waals surface area contributed by atoms with E-state index in [0.717, 1.165) is 5.56 Å². The van der Waals surface area contributed by atoms with Crippen LogP contribution in [0.5, 0.6) is 5.75 Å². The first kappa shape index (κ1) is 19.0. The SMILES string of the molecule is CCC(OC(=O)COc1ccccc1C#N)C(=O)NCc1ccccc1. The molecule has 0 saturated heterocycles. The van der Waals surface area contributed by atoms with Crippen molar-refractivity contribution in [1.29, 1.82) is 5.26 Å². The first-order valence-corrected chi connectivity index (χ1v) is 8.27. The van der Waals surface area contributed by atoms with E-state index in [1.165, 1.54) is 0 Å². The molecule has 0 fully saturated rings. The number of para-hydroxylation sites is 1. The maximum absolute atomic E-state index is 12.2. The Morgan fingerprint density at radius 2 is 1.81 bits per heavy atom. The van der Waals surface area contributed by atoms with Crippen molar-refractivity contribution in [3.63, 3.8) is 0 Å². The number of hydrogen-bond acceptors (Lipinski definition) is 5. The Kier molecular flexibility index (Phi) is 7.19. The van der Waals surface area contributed by atoms with Crippen molar-refractivity contribution < 1.29 is 19.1 Å². The van der Waals surface area contributed by atoms with Gasteiger partial charge in [0, 0.05) is 6.54 Å². The number of amides is 1. The molecule has 0 spiro atoms. The second-order valence-electron chi connectivity index (χ2n) is 5.49. The third kappa shape index (κ3) is 5.64. The summed E-state index contributed by atoms with van der Waals surface area (Å²) in [6.45, 7) is 1.74. The maximum atomic E-state index is 12.2. The second kappa shape index (κ2) is 9.84. The highest BCUT2D eigenvalue weighted by Gasteiger charge is 2.21. The first-order valence-electron chi connectivity index (χ1n) is 8.27. The number of carbonyl (C=O) groups excluding carboxylic acids is 2. The average molecular weight is 352 g/mol. The van der Waals surface area contributed by atoms with Crippen molar-refractivity contribution in [3.05, 3.63) is 65.7 Å². The fourth-order valence-corrected chi connectivity index (χ4v) is 2.24. The van der Waals surface area contributed by atoms with E-state index in [1.54, 1.807) is 31.2 Å². The molecule has 6 nitrogen and oxygen atoms in total. The molecule has 0 saturated carbocycles. The lowest BCUT2D eigenvalue weighted by molar-refractivity contribution is -0.158. The van der Waals surface area contributed by atoms with Crippen LogP contribution < -0.4 is 10.1 Å². The molecule has 2 rings (SSSR count). The molecule has 2 aromatic carbocycles. The quantitative estimate of drug-likeness (QED) is 0.738. The fraction of sp³-hybridized carbons (Fsp3) is 0.250. The van der Waals surface area contributed by atoms with Crippen molar-refractivity contribution in [3.8, 4) is 11.8 Å². The van der Waals surface area contributed by atoms with Crippen LogP contribution in [-0.4, -0.2) is 24.6 Å². The molecule has 0 aromatic heterocycles. The largest absolute Gasteiger partial charge is 0.481 e. The number of hydrogen-bond donors (Lipinski definition) is 1. The van der Waals surface area contributed by atoms with Crippen LogP contribution in [0.1, 0.15) is 24.5 Å². The van der Waals surface area contributed by atoms with E-state index in [4.69, 9.17) is 14.7 Å². The Balaban J connectivity index is 1.83. The van der Waals surface area contributed by atoms with Gasteiger partial charge in [-0.2, -0.15) is 5.26 Å². The molecule has 0 heterocycles. The standard InChI is InChI=1S/C20H20N2O4/c1-2-17(20(24)22-13-15-8-4-3-5-9-15)26-19(23)14-25-18-11-7-6-10-16(18)12-21/h3-11,17H,2,13-14H2,1H3,(H,22,24). The summed E-state index contributed by atoms with van der Waals surface area (Å²) in [4.78, 5) is 24.1. The number of nitriles is 1. The first-order chi connectivity index (χ1) is 12.6. The molecule has 2 aromatic rings. The predicted molar refractivity (Wildman–Crippen MR) is 95.1 cm³/mol. The number of esters is 1. The zero-order valence-electron chi connectivity index (χ0n) is 14.5. The van der Waals surface area contributed by atoms with Gasteiger partial charge < -0.3 is 14.8 Å². The lowest BCUT2D eigenvalue weighted by Crippen LogP contribution is -2.38. The minimum absolute atomic E-state index is 0.300. The smallest absolute Gasteiger partial charge is 0.344 e. The van der Waals surface area contributed by atoms with E-state index in [1.807, 2.05) is 36.4 Å². The van der Waals surface area contributed by atoms with E-state index >= 15 is 0 Å². The van der Waals surface area contributed by atoms with Crippen molar-refractivity contribution in [2.75, 3.05) is 6.61 Å². The molecular weight excluding hydrogens is 332 g/mol. The van der Waals surface area contributed by atoms with Crippen LogP contribution >= 0.6 is 0 Å². The Morgan fingerprint density at radius 3 is 2.50 bits per heavy atom. The highest BCUT2D eigenvalue weighted by molar-refractivity contribution is 5.84. The summed E-state index contributed by atoms with van der Waals surface area (Å²) < 4.78 is 10.5. The lowest BCUT2D eigenvalue weighted by Gasteiger charge is -2.16. The van der Waals surface area contributed by atoms with Gasteiger partial charge in [0.1, 0.15) is 11.8 Å². The number of benzene rings is 2. The minimum Gasteiger partial charge on any atom is -0.481 e. The topological polar surface area (TPSA) is 88.4 Å². The number of nitrogens with one attached hydrogen (secondary N) is 1. The Bertz CT molecular complexity index is 784. The summed E-state index contributed by atoms with van der Waals surface area (Å²) in [5.74, 6) is -0.727. The van der Waals surface area contributed by atoms with Gasteiger partial charge in [0.05, 0.1) is 5.56 Å². The van der Waals surface area contributed by atoms with Gasteiger partial charge in [0.2, 0.25) is 0 Å². The zero-order chi connectivity index (χ0) is 18.8. The van der Waals surface area contributed by atoms with Crippen molar-refractivity contribution in [2.24, 2.45) is 0 Å². The Labute approximate surface area is 152 Å². The Hall–Kier alpha value is -3.33. The monoisotopic (exact) mass is 352 g/mol. The zero-order valence-corrected chi connectivity index (χ0v) is 14.5. The average Bonchev–Trinajstić information content (AvgIpc) is 2.69. The molecule has 0 aliphatic rings. The minimum atomic E-state index is -0.888. The molecule has 0 aliphatic heterocycles. The van der Waals surface area contributed by atoms with Gasteiger partial charge in [-0.1, -0.05) is 49.4 Å². The molecule has 6 heteroatoms. The van der Waals surface area contributed by atoms with E-state index in [2.05, 4.69) is 5.32 Å². The predicted octanol–water partition coefficient (Wildman–Crippen LogP) is 2.58. The molecule has 26 heavy (non-hydrogen) atoms.